The Labute approximate surface area is 172 Å². The van der Waals surface area contributed by atoms with Crippen molar-refractivity contribution in [3.05, 3.63) is 20.6 Å². The summed E-state index contributed by atoms with van der Waals surface area (Å²) in [6.07, 6.45) is 3.88. The van der Waals surface area contributed by atoms with Crippen LogP contribution in [-0.2, 0) is 0 Å². The Morgan fingerprint density at radius 1 is 1.21 bits per heavy atom. The van der Waals surface area contributed by atoms with Crippen LogP contribution in [0.2, 0.25) is 0 Å². The van der Waals surface area contributed by atoms with Gasteiger partial charge in [0.15, 0.2) is 11.5 Å². The lowest BCUT2D eigenvalue weighted by atomic mass is 9.76. The van der Waals surface area contributed by atoms with Crippen LogP contribution in [0.25, 0.3) is 0 Å². The van der Waals surface area contributed by atoms with Crippen LogP contribution in [-0.4, -0.2) is 43.3 Å². The summed E-state index contributed by atoms with van der Waals surface area (Å²) in [6.45, 7) is 4.21. The van der Waals surface area contributed by atoms with E-state index in [1.165, 1.54) is 24.8 Å². The average molecular weight is 507 g/mol. The number of hydrogen-bond donors (Lipinski definition) is 2. The summed E-state index contributed by atoms with van der Waals surface area (Å²) >= 11 is 7.17. The van der Waals surface area contributed by atoms with Crippen molar-refractivity contribution in [2.45, 2.75) is 25.3 Å². The van der Waals surface area contributed by atoms with E-state index in [0.29, 0.717) is 22.2 Å². The summed E-state index contributed by atoms with van der Waals surface area (Å²) in [5.74, 6) is 1.38. The molecule has 1 aliphatic heterocycles. The van der Waals surface area contributed by atoms with Gasteiger partial charge in [0.05, 0.1) is 11.6 Å². The summed E-state index contributed by atoms with van der Waals surface area (Å²) in [7, 11) is 1.60. The first kappa shape index (κ1) is 22.3. The summed E-state index contributed by atoms with van der Waals surface area (Å²) in [6, 6.07) is 2.38. The summed E-state index contributed by atoms with van der Waals surface area (Å²) in [5.41, 5.74) is 1.22. The molecule has 24 heavy (non-hydrogen) atoms. The molecule has 138 valence electrons. The first-order valence-electron chi connectivity index (χ1n) is 7.83. The number of ether oxygens (including phenoxy) is 1. The second kappa shape index (κ2) is 9.83. The van der Waals surface area contributed by atoms with Crippen LogP contribution in [0.15, 0.2) is 15.0 Å². The van der Waals surface area contributed by atoms with Crippen molar-refractivity contribution in [2.75, 3.05) is 33.3 Å². The maximum atomic E-state index is 10.2. The van der Waals surface area contributed by atoms with Crippen LogP contribution in [0, 0.1) is 5.92 Å². The first-order valence-corrected chi connectivity index (χ1v) is 9.41. The molecule has 0 aromatic heterocycles. The molecule has 1 saturated heterocycles. The molecule has 1 aromatic rings. The maximum absolute atomic E-state index is 10.2. The molecular formula is C16H24Br2Cl2N2O2. The maximum Gasteiger partial charge on any atom is 0.173 e. The van der Waals surface area contributed by atoms with Gasteiger partial charge in [-0.05, 0) is 62.2 Å². The molecule has 2 fully saturated rings. The van der Waals surface area contributed by atoms with Crippen molar-refractivity contribution >= 4 is 56.7 Å². The molecule has 0 amide bonds. The van der Waals surface area contributed by atoms with Crippen LogP contribution < -0.4 is 10.1 Å². The Morgan fingerprint density at radius 2 is 1.83 bits per heavy atom. The van der Waals surface area contributed by atoms with E-state index in [9.17, 15) is 5.11 Å². The highest BCUT2D eigenvalue weighted by Crippen LogP contribution is 2.49. The third-order valence-corrected chi connectivity index (χ3v) is 7.01. The number of nitrogens with one attached hydrogen (secondary N) is 1. The molecular weight excluding hydrogens is 483 g/mol. The average Bonchev–Trinajstić information content (AvgIpc) is 2.50. The highest BCUT2D eigenvalue weighted by Gasteiger charge is 2.35. The lowest BCUT2D eigenvalue weighted by molar-refractivity contribution is 0.0830. The Hall–Kier alpha value is 0.280. The zero-order chi connectivity index (χ0) is 15.7. The van der Waals surface area contributed by atoms with E-state index in [4.69, 9.17) is 4.74 Å². The van der Waals surface area contributed by atoms with Gasteiger partial charge in [-0.25, -0.2) is 0 Å². The molecule has 3 rings (SSSR count). The summed E-state index contributed by atoms with van der Waals surface area (Å²) in [4.78, 5) is 2.57. The van der Waals surface area contributed by atoms with Crippen LogP contribution >= 0.6 is 56.7 Å². The number of phenols is 1. The number of phenolic OH excluding ortho intramolecular Hbond substituents is 1. The summed E-state index contributed by atoms with van der Waals surface area (Å²) < 4.78 is 6.99. The molecule has 0 bridgehead atoms. The minimum absolute atomic E-state index is 0. The number of aromatic hydroxyl groups is 1. The molecule has 1 atom stereocenters. The molecule has 1 heterocycles. The number of benzene rings is 1. The predicted octanol–water partition coefficient (Wildman–Crippen LogP) is 4.52. The van der Waals surface area contributed by atoms with Crippen molar-refractivity contribution < 1.29 is 9.84 Å². The molecule has 2 aliphatic rings. The Balaban J connectivity index is 0.00000144. The minimum atomic E-state index is 0. The lowest BCUT2D eigenvalue weighted by Gasteiger charge is -2.43. The van der Waals surface area contributed by atoms with Gasteiger partial charge in [0.25, 0.3) is 0 Å². The standard InChI is InChI=1S/C16H22Br2N2O2.2ClH/c1-22-12-9-11(13(17)14(18)16(12)21)15(10-3-2-4-10)20-7-5-19-6-8-20;;/h9-10,15,19,21H,2-8H2,1H3;2*1H/t15-;;/m1../s1. The van der Waals surface area contributed by atoms with E-state index >= 15 is 0 Å². The second-order valence-electron chi connectivity index (χ2n) is 6.07. The lowest BCUT2D eigenvalue weighted by Crippen LogP contribution is -2.48. The van der Waals surface area contributed by atoms with E-state index in [-0.39, 0.29) is 30.6 Å². The molecule has 1 saturated carbocycles. The largest absolute Gasteiger partial charge is 0.503 e. The topological polar surface area (TPSA) is 44.7 Å². The SMILES string of the molecule is COc1cc([C@@H](C2CCC2)N2CCNCC2)c(Br)c(Br)c1O.Cl.Cl. The zero-order valence-corrected chi connectivity index (χ0v) is 18.4. The normalized spacial score (nSPS) is 19.6. The number of nitrogens with zero attached hydrogens (tertiary/aromatic N) is 1. The van der Waals surface area contributed by atoms with Crippen molar-refractivity contribution in [3.8, 4) is 11.5 Å². The highest BCUT2D eigenvalue weighted by atomic mass is 79.9. The van der Waals surface area contributed by atoms with Crippen LogP contribution in [0.5, 0.6) is 11.5 Å². The number of hydrogen-bond acceptors (Lipinski definition) is 4. The molecule has 0 radical (unpaired) electrons. The van der Waals surface area contributed by atoms with Gasteiger partial charge in [-0.3, -0.25) is 4.90 Å². The number of methoxy groups -OCH3 is 1. The van der Waals surface area contributed by atoms with Crippen molar-refractivity contribution in [1.29, 1.82) is 0 Å². The number of piperazine rings is 1. The predicted molar refractivity (Wildman–Crippen MR) is 109 cm³/mol. The van der Waals surface area contributed by atoms with Crippen LogP contribution in [0.1, 0.15) is 30.9 Å². The van der Waals surface area contributed by atoms with Gasteiger partial charge < -0.3 is 15.2 Å². The fourth-order valence-electron chi connectivity index (χ4n) is 3.45. The Morgan fingerprint density at radius 3 is 2.33 bits per heavy atom. The molecule has 2 N–H and O–H groups in total. The van der Waals surface area contributed by atoms with E-state index in [1.807, 2.05) is 6.07 Å². The van der Waals surface area contributed by atoms with Gasteiger partial charge in [-0.15, -0.1) is 24.8 Å². The van der Waals surface area contributed by atoms with Crippen molar-refractivity contribution in [2.24, 2.45) is 5.92 Å². The minimum Gasteiger partial charge on any atom is -0.503 e. The van der Waals surface area contributed by atoms with Crippen molar-refractivity contribution in [3.63, 3.8) is 0 Å². The van der Waals surface area contributed by atoms with Crippen LogP contribution in [0.3, 0.4) is 0 Å². The molecule has 0 unspecified atom stereocenters. The van der Waals surface area contributed by atoms with E-state index < -0.39 is 0 Å². The fourth-order valence-corrected chi connectivity index (χ4v) is 4.41. The summed E-state index contributed by atoms with van der Waals surface area (Å²) in [5, 5.41) is 13.6. The number of rotatable bonds is 4. The quantitative estimate of drug-likeness (QED) is 0.630. The Kier molecular flexibility index (Phi) is 9.15. The number of halogens is 4. The molecule has 8 heteroatoms. The molecule has 1 aromatic carbocycles. The van der Waals surface area contributed by atoms with E-state index in [2.05, 4.69) is 42.1 Å². The first-order chi connectivity index (χ1) is 10.6. The van der Waals surface area contributed by atoms with Gasteiger partial charge >= 0.3 is 0 Å². The van der Waals surface area contributed by atoms with Crippen LogP contribution in [0.4, 0.5) is 0 Å². The third kappa shape index (κ3) is 4.33. The monoisotopic (exact) mass is 504 g/mol. The fraction of sp³-hybridized carbons (Fsp3) is 0.625. The highest BCUT2D eigenvalue weighted by molar-refractivity contribution is 9.13. The Bertz CT molecular complexity index is 553. The van der Waals surface area contributed by atoms with E-state index in [0.717, 1.165) is 30.7 Å². The third-order valence-electron chi connectivity index (χ3n) is 4.85. The molecule has 4 nitrogen and oxygen atoms in total. The van der Waals surface area contributed by atoms with Crippen molar-refractivity contribution in [1.82, 2.24) is 10.2 Å². The van der Waals surface area contributed by atoms with Gasteiger partial charge in [0, 0.05) is 36.7 Å². The van der Waals surface area contributed by atoms with Gasteiger partial charge in [-0.1, -0.05) is 6.42 Å². The second-order valence-corrected chi connectivity index (χ2v) is 7.65. The molecule has 1 aliphatic carbocycles. The molecule has 0 spiro atoms. The zero-order valence-electron chi connectivity index (χ0n) is 13.6. The smallest absolute Gasteiger partial charge is 0.173 e. The van der Waals surface area contributed by atoms with E-state index in [1.54, 1.807) is 7.11 Å². The van der Waals surface area contributed by atoms with Gasteiger partial charge in [0.1, 0.15) is 0 Å². The van der Waals surface area contributed by atoms with Gasteiger partial charge in [0.2, 0.25) is 0 Å². The van der Waals surface area contributed by atoms with Gasteiger partial charge in [-0.2, -0.15) is 0 Å².